The first-order chi connectivity index (χ1) is 6.92. The molecule has 14 heavy (non-hydrogen) atoms. The number of thioether (sulfide) groups is 1. The van der Waals surface area contributed by atoms with Gasteiger partial charge in [0.25, 0.3) is 0 Å². The number of rotatable bonds is 3. The molecule has 1 aliphatic rings. The monoisotopic (exact) mass is 207 g/mol. The van der Waals surface area contributed by atoms with Crippen LogP contribution in [0.5, 0.6) is 0 Å². The molecule has 1 aliphatic heterocycles. The average molecular weight is 207 g/mol. The van der Waals surface area contributed by atoms with Crippen LogP contribution >= 0.6 is 11.8 Å². The fourth-order valence-corrected chi connectivity index (χ4v) is 2.63. The topological polar surface area (TPSA) is 12.0 Å². The van der Waals surface area contributed by atoms with Crippen molar-refractivity contribution in [2.24, 2.45) is 0 Å². The molecule has 0 fully saturated rings. The van der Waals surface area contributed by atoms with Gasteiger partial charge in [-0.1, -0.05) is 19.1 Å². The molecule has 0 amide bonds. The van der Waals surface area contributed by atoms with Crippen LogP contribution in [-0.4, -0.2) is 12.3 Å². The average Bonchev–Trinajstić information content (AvgIpc) is 2.26. The van der Waals surface area contributed by atoms with Crippen LogP contribution in [0.3, 0.4) is 0 Å². The molecule has 0 aliphatic carbocycles. The third-order valence-electron chi connectivity index (χ3n) is 2.65. The van der Waals surface area contributed by atoms with Crippen molar-refractivity contribution in [1.29, 1.82) is 0 Å². The Morgan fingerprint density at radius 3 is 3.21 bits per heavy atom. The molecule has 2 heteroatoms. The molecular weight excluding hydrogens is 190 g/mol. The van der Waals surface area contributed by atoms with Gasteiger partial charge in [0, 0.05) is 18.0 Å². The van der Waals surface area contributed by atoms with Gasteiger partial charge in [-0.2, -0.15) is 11.8 Å². The molecule has 0 aromatic heterocycles. The lowest BCUT2D eigenvalue weighted by molar-refractivity contribution is 0.823. The van der Waals surface area contributed by atoms with Crippen molar-refractivity contribution < 1.29 is 0 Å². The summed E-state index contributed by atoms with van der Waals surface area (Å²) in [5.41, 5.74) is 4.45. The van der Waals surface area contributed by atoms with Crippen LogP contribution in [0.25, 0.3) is 0 Å². The lowest BCUT2D eigenvalue weighted by atomic mass is 9.99. The normalized spacial score (nSPS) is 14.6. The lowest BCUT2D eigenvalue weighted by Crippen LogP contribution is -2.13. The van der Waals surface area contributed by atoms with Crippen molar-refractivity contribution in [3.8, 4) is 0 Å². The number of hydrogen-bond donors (Lipinski definition) is 1. The number of nitrogens with one attached hydrogen (secondary N) is 1. The van der Waals surface area contributed by atoms with E-state index in [-0.39, 0.29) is 0 Å². The van der Waals surface area contributed by atoms with E-state index in [1.54, 1.807) is 5.56 Å². The summed E-state index contributed by atoms with van der Waals surface area (Å²) in [6, 6.07) is 6.64. The zero-order chi connectivity index (χ0) is 9.80. The van der Waals surface area contributed by atoms with Gasteiger partial charge in [-0.15, -0.1) is 0 Å². The second kappa shape index (κ2) is 4.74. The Kier molecular flexibility index (Phi) is 3.35. The van der Waals surface area contributed by atoms with Crippen molar-refractivity contribution in [3.05, 3.63) is 29.3 Å². The highest BCUT2D eigenvalue weighted by molar-refractivity contribution is 7.98. The highest BCUT2D eigenvalue weighted by Crippen LogP contribution is 2.27. The summed E-state index contributed by atoms with van der Waals surface area (Å²) in [6.45, 7) is 3.36. The molecule has 0 spiro atoms. The number of fused-ring (bicyclic) bond motifs is 1. The van der Waals surface area contributed by atoms with Crippen LogP contribution in [0, 0.1) is 0 Å². The van der Waals surface area contributed by atoms with Gasteiger partial charge in [-0.25, -0.2) is 0 Å². The Morgan fingerprint density at radius 2 is 2.36 bits per heavy atom. The Hall–Kier alpha value is -0.630. The summed E-state index contributed by atoms with van der Waals surface area (Å²) < 4.78 is 0. The standard InChI is InChI=1S/C12H17NS/c1-2-14-9-10-5-3-7-12-11(10)6-4-8-13-12/h3,5,7,13H,2,4,6,8-9H2,1H3. The van der Waals surface area contributed by atoms with Crippen LogP contribution in [0.1, 0.15) is 24.5 Å². The van der Waals surface area contributed by atoms with E-state index in [4.69, 9.17) is 0 Å². The van der Waals surface area contributed by atoms with Gasteiger partial charge in [0.2, 0.25) is 0 Å². The Bertz CT molecular complexity index is 309. The van der Waals surface area contributed by atoms with Crippen molar-refractivity contribution in [1.82, 2.24) is 0 Å². The number of hydrogen-bond acceptors (Lipinski definition) is 2. The van der Waals surface area contributed by atoms with E-state index in [0.717, 1.165) is 6.54 Å². The summed E-state index contributed by atoms with van der Waals surface area (Å²) in [4.78, 5) is 0. The molecule has 1 heterocycles. The van der Waals surface area contributed by atoms with E-state index in [0.29, 0.717) is 0 Å². The molecular formula is C12H17NS. The minimum atomic E-state index is 1.14. The van der Waals surface area contributed by atoms with Gasteiger partial charge < -0.3 is 5.32 Å². The van der Waals surface area contributed by atoms with Crippen molar-refractivity contribution in [2.45, 2.75) is 25.5 Å². The molecule has 0 atom stereocenters. The Labute approximate surface area is 90.3 Å². The zero-order valence-electron chi connectivity index (χ0n) is 8.68. The largest absolute Gasteiger partial charge is 0.385 e. The van der Waals surface area contributed by atoms with E-state index in [2.05, 4.69) is 30.4 Å². The molecule has 0 unspecified atom stereocenters. The highest BCUT2D eigenvalue weighted by Gasteiger charge is 2.11. The summed E-state index contributed by atoms with van der Waals surface area (Å²) in [5, 5.41) is 3.47. The molecule has 76 valence electrons. The fraction of sp³-hybridized carbons (Fsp3) is 0.500. The summed E-state index contributed by atoms with van der Waals surface area (Å²) >= 11 is 2.01. The van der Waals surface area contributed by atoms with Gasteiger partial charge in [-0.3, -0.25) is 0 Å². The molecule has 1 nitrogen and oxygen atoms in total. The van der Waals surface area contributed by atoms with E-state index >= 15 is 0 Å². The van der Waals surface area contributed by atoms with Gasteiger partial charge in [0.15, 0.2) is 0 Å². The number of benzene rings is 1. The maximum Gasteiger partial charge on any atom is 0.0375 e. The van der Waals surface area contributed by atoms with Gasteiger partial charge in [-0.05, 0) is 35.8 Å². The SMILES string of the molecule is CCSCc1cccc2c1CCCN2. The molecule has 2 rings (SSSR count). The van der Waals surface area contributed by atoms with Crippen LogP contribution in [0.2, 0.25) is 0 Å². The second-order valence-corrected chi connectivity index (χ2v) is 4.88. The van der Waals surface area contributed by atoms with Gasteiger partial charge in [0.1, 0.15) is 0 Å². The van der Waals surface area contributed by atoms with E-state index in [1.165, 1.54) is 35.6 Å². The van der Waals surface area contributed by atoms with Crippen LogP contribution in [0.4, 0.5) is 5.69 Å². The zero-order valence-corrected chi connectivity index (χ0v) is 9.49. The van der Waals surface area contributed by atoms with Gasteiger partial charge in [0.05, 0.1) is 0 Å². The first kappa shape index (κ1) is 9.91. The first-order valence-corrected chi connectivity index (χ1v) is 6.49. The molecule has 0 saturated heterocycles. The van der Waals surface area contributed by atoms with E-state index < -0.39 is 0 Å². The Balaban J connectivity index is 2.21. The van der Waals surface area contributed by atoms with Crippen molar-refractivity contribution in [3.63, 3.8) is 0 Å². The van der Waals surface area contributed by atoms with E-state index in [1.807, 2.05) is 11.8 Å². The minimum Gasteiger partial charge on any atom is -0.385 e. The predicted octanol–water partition coefficient (Wildman–Crippen LogP) is 3.30. The fourth-order valence-electron chi connectivity index (χ4n) is 1.93. The minimum absolute atomic E-state index is 1.14. The van der Waals surface area contributed by atoms with Crippen LogP contribution in [0.15, 0.2) is 18.2 Å². The van der Waals surface area contributed by atoms with Crippen LogP contribution in [-0.2, 0) is 12.2 Å². The van der Waals surface area contributed by atoms with Crippen molar-refractivity contribution in [2.75, 3.05) is 17.6 Å². The molecule has 1 aromatic rings. The third-order valence-corrected chi connectivity index (χ3v) is 3.58. The predicted molar refractivity (Wildman–Crippen MR) is 65.1 cm³/mol. The molecule has 0 saturated carbocycles. The lowest BCUT2D eigenvalue weighted by Gasteiger charge is -2.20. The van der Waals surface area contributed by atoms with Crippen molar-refractivity contribution >= 4 is 17.4 Å². The first-order valence-electron chi connectivity index (χ1n) is 5.34. The molecule has 0 radical (unpaired) electrons. The summed E-state index contributed by atoms with van der Waals surface area (Å²) in [7, 11) is 0. The highest BCUT2D eigenvalue weighted by atomic mass is 32.2. The second-order valence-electron chi connectivity index (χ2n) is 3.61. The quantitative estimate of drug-likeness (QED) is 0.816. The smallest absolute Gasteiger partial charge is 0.0375 e. The maximum absolute atomic E-state index is 3.47. The molecule has 1 aromatic carbocycles. The summed E-state index contributed by atoms with van der Waals surface area (Å²) in [6.07, 6.45) is 2.53. The molecule has 0 bridgehead atoms. The third kappa shape index (κ3) is 2.06. The van der Waals surface area contributed by atoms with Crippen LogP contribution < -0.4 is 5.32 Å². The molecule has 1 N–H and O–H groups in total. The summed E-state index contributed by atoms with van der Waals surface area (Å²) in [5.74, 6) is 2.37. The van der Waals surface area contributed by atoms with Gasteiger partial charge >= 0.3 is 0 Å². The number of anilines is 1. The Morgan fingerprint density at radius 1 is 1.43 bits per heavy atom. The maximum atomic E-state index is 3.47. The van der Waals surface area contributed by atoms with E-state index in [9.17, 15) is 0 Å².